The van der Waals surface area contributed by atoms with E-state index < -0.39 is 0 Å². The third kappa shape index (κ3) is 5.27. The fraction of sp³-hybridized carbons (Fsp3) is 0.0455. The van der Waals surface area contributed by atoms with E-state index in [1.807, 2.05) is 66.7 Å². The molecule has 0 atom stereocenters. The number of rotatable bonds is 5. The summed E-state index contributed by atoms with van der Waals surface area (Å²) in [4.78, 5) is 0. The van der Waals surface area contributed by atoms with Crippen LogP contribution in [0.15, 0.2) is 74.1 Å². The van der Waals surface area contributed by atoms with Crippen molar-refractivity contribution in [3.05, 3.63) is 95.8 Å². The summed E-state index contributed by atoms with van der Waals surface area (Å²) in [6.07, 6.45) is 1.82. The number of ether oxygens (including phenoxy) is 1. The zero-order valence-electron chi connectivity index (χ0n) is 14.4. The molecule has 3 aromatic carbocycles. The van der Waals surface area contributed by atoms with E-state index in [0.717, 1.165) is 30.1 Å². The number of benzene rings is 3. The van der Waals surface area contributed by atoms with E-state index in [4.69, 9.17) is 16.3 Å². The van der Waals surface area contributed by atoms with Crippen molar-refractivity contribution < 1.29 is 4.74 Å². The number of nitrogens with zero attached hydrogens (tertiary/aromatic N) is 1. The Bertz CT molecular complexity index is 1070. The van der Waals surface area contributed by atoms with Crippen LogP contribution in [0.4, 0.5) is 0 Å². The monoisotopic (exact) mass is 579 g/mol. The number of hydrogen-bond donors (Lipinski definition) is 0. The van der Waals surface area contributed by atoms with Crippen LogP contribution in [0.3, 0.4) is 0 Å². The molecule has 6 heteroatoms. The van der Waals surface area contributed by atoms with Crippen LogP contribution in [0, 0.1) is 11.3 Å². The summed E-state index contributed by atoms with van der Waals surface area (Å²) in [5.74, 6) is 0.646. The molecule has 0 radical (unpaired) electrons. The largest absolute Gasteiger partial charge is 0.487 e. The average Bonchev–Trinajstić information content (AvgIpc) is 2.67. The molecule has 2 nitrogen and oxygen atoms in total. The summed E-state index contributed by atoms with van der Waals surface area (Å²) in [5.41, 5.74) is 3.05. The van der Waals surface area contributed by atoms with E-state index in [-0.39, 0.29) is 0 Å². The number of allylic oxidation sites excluding steroid dienone is 1. The van der Waals surface area contributed by atoms with Crippen molar-refractivity contribution in [2.75, 3.05) is 0 Å². The van der Waals surface area contributed by atoms with Crippen LogP contribution >= 0.6 is 59.4 Å². The molecule has 0 aliphatic heterocycles. The standard InChI is InChI=1S/C22H13Br3ClNO/c23-18-7-5-14(6-8-18)17(12-27)9-16-10-19(24)11-20(25)22(16)28-13-15-3-1-2-4-21(15)26/h1-11H,13H2/b17-9+. The molecule has 0 saturated heterocycles. The van der Waals surface area contributed by atoms with E-state index in [0.29, 0.717) is 23.0 Å². The van der Waals surface area contributed by atoms with Gasteiger partial charge in [0.15, 0.2) is 0 Å². The summed E-state index contributed by atoms with van der Waals surface area (Å²) in [6, 6.07) is 21.3. The highest BCUT2D eigenvalue weighted by Gasteiger charge is 2.12. The molecule has 0 spiro atoms. The Hall–Kier alpha value is -1.58. The topological polar surface area (TPSA) is 33.0 Å². The van der Waals surface area contributed by atoms with Gasteiger partial charge in [0.2, 0.25) is 0 Å². The molecule has 0 saturated carbocycles. The smallest absolute Gasteiger partial charge is 0.141 e. The molecule has 0 amide bonds. The van der Waals surface area contributed by atoms with Crippen LogP contribution < -0.4 is 4.74 Å². The fourth-order valence-corrected chi connectivity index (χ4v) is 4.40. The summed E-state index contributed by atoms with van der Waals surface area (Å²) in [7, 11) is 0. The molecule has 0 unspecified atom stereocenters. The molecular formula is C22H13Br3ClNO. The lowest BCUT2D eigenvalue weighted by atomic mass is 10.0. The highest BCUT2D eigenvalue weighted by atomic mass is 79.9. The number of halogens is 4. The van der Waals surface area contributed by atoms with Crippen LogP contribution in [0.1, 0.15) is 16.7 Å². The Balaban J connectivity index is 1.99. The molecule has 3 rings (SSSR count). The number of hydrogen-bond acceptors (Lipinski definition) is 2. The van der Waals surface area contributed by atoms with E-state index in [1.54, 1.807) is 0 Å². The third-order valence-electron chi connectivity index (χ3n) is 3.94. The van der Waals surface area contributed by atoms with Gasteiger partial charge in [-0.2, -0.15) is 5.26 Å². The quantitative estimate of drug-likeness (QED) is 0.224. The van der Waals surface area contributed by atoms with Crippen LogP contribution in [0.25, 0.3) is 11.6 Å². The van der Waals surface area contributed by atoms with Crippen molar-refractivity contribution in [1.82, 2.24) is 0 Å². The summed E-state index contributed by atoms with van der Waals surface area (Å²) in [5, 5.41) is 10.3. The lowest BCUT2D eigenvalue weighted by Gasteiger charge is -2.13. The lowest BCUT2D eigenvalue weighted by Crippen LogP contribution is -1.99. The van der Waals surface area contributed by atoms with Crippen molar-refractivity contribution in [1.29, 1.82) is 5.26 Å². The molecule has 0 aliphatic rings. The minimum atomic E-state index is 0.320. The Morgan fingerprint density at radius 1 is 1.00 bits per heavy atom. The second-order valence-corrected chi connectivity index (χ2v) is 8.96. The minimum Gasteiger partial charge on any atom is -0.487 e. The third-order valence-corrected chi connectivity index (χ3v) is 5.89. The second-order valence-electron chi connectivity index (χ2n) is 5.86. The lowest BCUT2D eigenvalue weighted by molar-refractivity contribution is 0.303. The molecule has 3 aromatic rings. The van der Waals surface area contributed by atoms with Gasteiger partial charge in [0, 0.05) is 25.1 Å². The van der Waals surface area contributed by atoms with Gasteiger partial charge in [-0.25, -0.2) is 0 Å². The predicted octanol–water partition coefficient (Wildman–Crippen LogP) is 8.27. The van der Waals surface area contributed by atoms with Crippen LogP contribution in [0.5, 0.6) is 5.75 Å². The first-order valence-corrected chi connectivity index (χ1v) is 11.0. The van der Waals surface area contributed by atoms with Crippen LogP contribution in [-0.4, -0.2) is 0 Å². The maximum atomic E-state index is 9.67. The van der Waals surface area contributed by atoms with Gasteiger partial charge in [-0.1, -0.05) is 73.8 Å². The first kappa shape index (κ1) is 21.1. The molecule has 28 heavy (non-hydrogen) atoms. The summed E-state index contributed by atoms with van der Waals surface area (Å²) >= 11 is 16.7. The van der Waals surface area contributed by atoms with Gasteiger partial charge < -0.3 is 4.74 Å². The van der Waals surface area contributed by atoms with Crippen LogP contribution in [-0.2, 0) is 6.61 Å². The Labute approximate surface area is 194 Å². The molecule has 0 aliphatic carbocycles. The molecule has 0 heterocycles. The van der Waals surface area contributed by atoms with Gasteiger partial charge in [0.25, 0.3) is 0 Å². The molecule has 0 bridgehead atoms. The zero-order valence-corrected chi connectivity index (χ0v) is 19.9. The Kier molecular flexibility index (Phi) is 7.36. The zero-order chi connectivity index (χ0) is 20.1. The maximum Gasteiger partial charge on any atom is 0.141 e. The Morgan fingerprint density at radius 3 is 2.39 bits per heavy atom. The molecular weight excluding hydrogens is 569 g/mol. The van der Waals surface area contributed by atoms with Crippen molar-refractivity contribution in [3.63, 3.8) is 0 Å². The van der Waals surface area contributed by atoms with Gasteiger partial charge in [-0.05, 0) is 57.9 Å². The van der Waals surface area contributed by atoms with E-state index >= 15 is 0 Å². The van der Waals surface area contributed by atoms with Gasteiger partial charge in [-0.15, -0.1) is 0 Å². The number of nitriles is 1. The van der Waals surface area contributed by atoms with Crippen molar-refractivity contribution >= 4 is 71.0 Å². The average molecular weight is 583 g/mol. The summed E-state index contributed by atoms with van der Waals surface area (Å²) in [6.45, 7) is 0.320. The maximum absolute atomic E-state index is 9.67. The molecule has 0 aromatic heterocycles. The molecule has 0 fully saturated rings. The highest BCUT2D eigenvalue weighted by Crippen LogP contribution is 2.36. The predicted molar refractivity (Wildman–Crippen MR) is 125 cm³/mol. The fourth-order valence-electron chi connectivity index (χ4n) is 2.57. The van der Waals surface area contributed by atoms with E-state index in [9.17, 15) is 5.26 Å². The van der Waals surface area contributed by atoms with E-state index in [2.05, 4.69) is 53.9 Å². The summed E-state index contributed by atoms with van der Waals surface area (Å²) < 4.78 is 8.70. The molecule has 0 N–H and O–H groups in total. The van der Waals surface area contributed by atoms with Crippen molar-refractivity contribution in [2.24, 2.45) is 0 Å². The van der Waals surface area contributed by atoms with Gasteiger partial charge >= 0.3 is 0 Å². The normalized spacial score (nSPS) is 11.2. The first-order chi connectivity index (χ1) is 13.5. The van der Waals surface area contributed by atoms with E-state index in [1.165, 1.54) is 0 Å². The minimum absolute atomic E-state index is 0.320. The highest BCUT2D eigenvalue weighted by molar-refractivity contribution is 9.11. The van der Waals surface area contributed by atoms with Crippen LogP contribution in [0.2, 0.25) is 5.02 Å². The van der Waals surface area contributed by atoms with Gasteiger partial charge in [-0.3, -0.25) is 0 Å². The second kappa shape index (κ2) is 9.76. The van der Waals surface area contributed by atoms with Crippen molar-refractivity contribution in [2.45, 2.75) is 6.61 Å². The SMILES string of the molecule is N#C/C(=C\c1cc(Br)cc(Br)c1OCc1ccccc1Cl)c1ccc(Br)cc1. The molecule has 140 valence electrons. The Morgan fingerprint density at radius 2 is 1.71 bits per heavy atom. The van der Waals surface area contributed by atoms with Gasteiger partial charge in [0.05, 0.1) is 16.1 Å². The van der Waals surface area contributed by atoms with Gasteiger partial charge in [0.1, 0.15) is 12.4 Å². The first-order valence-electron chi connectivity index (χ1n) is 8.21. The van der Waals surface area contributed by atoms with Crippen molar-refractivity contribution in [3.8, 4) is 11.8 Å².